The van der Waals surface area contributed by atoms with Gasteiger partial charge in [-0.15, -0.1) is 24.0 Å². The zero-order valence-corrected chi connectivity index (χ0v) is 19.1. The van der Waals surface area contributed by atoms with Crippen molar-refractivity contribution in [3.63, 3.8) is 0 Å². The molecule has 29 heavy (non-hydrogen) atoms. The summed E-state index contributed by atoms with van der Waals surface area (Å²) < 4.78 is 5.65. The first-order valence-electron chi connectivity index (χ1n) is 9.73. The van der Waals surface area contributed by atoms with Crippen LogP contribution in [0.1, 0.15) is 24.0 Å². The quantitative estimate of drug-likeness (QED) is 0.249. The maximum absolute atomic E-state index is 12.4. The molecule has 7 heteroatoms. The van der Waals surface area contributed by atoms with E-state index in [1.807, 2.05) is 47.4 Å². The van der Waals surface area contributed by atoms with Crippen LogP contribution in [0.4, 0.5) is 0 Å². The molecule has 0 spiro atoms. The molecule has 2 N–H and O–H groups in total. The van der Waals surface area contributed by atoms with Crippen molar-refractivity contribution in [3.05, 3.63) is 65.7 Å². The Labute approximate surface area is 189 Å². The SMILES string of the molecule is CN=C(NCCCC(=O)N1Cc2ccccc2C1)NCCOc1ccccc1.I. The molecule has 1 aliphatic heterocycles. The number of carbonyl (C=O) groups excluding carboxylic acids is 1. The summed E-state index contributed by atoms with van der Waals surface area (Å²) in [6, 6.07) is 18.0. The Morgan fingerprint density at radius 2 is 1.62 bits per heavy atom. The number of aliphatic imine (C=N–C) groups is 1. The first-order chi connectivity index (χ1) is 13.8. The largest absolute Gasteiger partial charge is 0.492 e. The monoisotopic (exact) mass is 508 g/mol. The average Bonchev–Trinajstić information content (AvgIpc) is 3.17. The molecule has 0 radical (unpaired) electrons. The van der Waals surface area contributed by atoms with Crippen LogP contribution in [0.3, 0.4) is 0 Å². The molecule has 0 bridgehead atoms. The van der Waals surface area contributed by atoms with Crippen molar-refractivity contribution >= 4 is 35.8 Å². The van der Waals surface area contributed by atoms with Gasteiger partial charge in [0.1, 0.15) is 12.4 Å². The fourth-order valence-electron chi connectivity index (χ4n) is 3.19. The van der Waals surface area contributed by atoms with Crippen molar-refractivity contribution in [1.82, 2.24) is 15.5 Å². The van der Waals surface area contributed by atoms with Crippen molar-refractivity contribution in [2.45, 2.75) is 25.9 Å². The maximum atomic E-state index is 12.4. The zero-order chi connectivity index (χ0) is 19.6. The molecule has 0 saturated heterocycles. The van der Waals surface area contributed by atoms with Gasteiger partial charge in [0.05, 0.1) is 6.54 Å². The van der Waals surface area contributed by atoms with E-state index in [0.717, 1.165) is 31.2 Å². The molecule has 0 atom stereocenters. The van der Waals surface area contributed by atoms with Gasteiger partial charge in [0.2, 0.25) is 5.91 Å². The highest BCUT2D eigenvalue weighted by Gasteiger charge is 2.22. The molecule has 3 rings (SSSR count). The summed E-state index contributed by atoms with van der Waals surface area (Å²) in [5, 5.41) is 6.46. The molecule has 0 saturated carbocycles. The van der Waals surface area contributed by atoms with Gasteiger partial charge in [0.25, 0.3) is 0 Å². The van der Waals surface area contributed by atoms with Gasteiger partial charge in [-0.05, 0) is 29.7 Å². The van der Waals surface area contributed by atoms with E-state index in [2.05, 4.69) is 27.8 Å². The van der Waals surface area contributed by atoms with Gasteiger partial charge in [0, 0.05) is 33.1 Å². The summed E-state index contributed by atoms with van der Waals surface area (Å²) in [7, 11) is 1.74. The number of amides is 1. The second-order valence-electron chi connectivity index (χ2n) is 6.71. The zero-order valence-electron chi connectivity index (χ0n) is 16.8. The minimum atomic E-state index is 0. The third-order valence-electron chi connectivity index (χ3n) is 4.68. The van der Waals surface area contributed by atoms with Crippen LogP contribution < -0.4 is 15.4 Å². The highest BCUT2D eigenvalue weighted by Crippen LogP contribution is 2.22. The fraction of sp³-hybridized carbons (Fsp3) is 0.364. The van der Waals surface area contributed by atoms with E-state index in [4.69, 9.17) is 4.74 Å². The lowest BCUT2D eigenvalue weighted by molar-refractivity contribution is -0.131. The van der Waals surface area contributed by atoms with Gasteiger partial charge in [-0.2, -0.15) is 0 Å². The Bertz CT molecular complexity index is 773. The lowest BCUT2D eigenvalue weighted by Gasteiger charge is -2.16. The molecule has 156 valence electrons. The second-order valence-corrected chi connectivity index (χ2v) is 6.71. The third-order valence-corrected chi connectivity index (χ3v) is 4.68. The van der Waals surface area contributed by atoms with Gasteiger partial charge >= 0.3 is 0 Å². The molecule has 0 aromatic heterocycles. The number of nitrogens with one attached hydrogen (secondary N) is 2. The maximum Gasteiger partial charge on any atom is 0.223 e. The molecule has 1 amide bonds. The third kappa shape index (κ3) is 7.23. The first kappa shape index (κ1) is 23.0. The van der Waals surface area contributed by atoms with Gasteiger partial charge in [-0.1, -0.05) is 42.5 Å². The molecule has 6 nitrogen and oxygen atoms in total. The lowest BCUT2D eigenvalue weighted by atomic mass is 10.1. The summed E-state index contributed by atoms with van der Waals surface area (Å²) in [5.74, 6) is 1.78. The number of carbonyl (C=O) groups is 1. The predicted octanol–water partition coefficient (Wildman–Crippen LogP) is 3.17. The lowest BCUT2D eigenvalue weighted by Crippen LogP contribution is -2.40. The molecule has 2 aromatic rings. The van der Waals surface area contributed by atoms with E-state index in [9.17, 15) is 4.79 Å². The molecule has 1 heterocycles. The van der Waals surface area contributed by atoms with E-state index >= 15 is 0 Å². The molecular formula is C22H29IN4O2. The molecular weight excluding hydrogens is 479 g/mol. The van der Waals surface area contributed by atoms with Crippen molar-refractivity contribution < 1.29 is 9.53 Å². The number of ether oxygens (including phenoxy) is 1. The Kier molecular flexibility index (Phi) is 9.76. The van der Waals surface area contributed by atoms with Crippen LogP contribution in [-0.2, 0) is 17.9 Å². The van der Waals surface area contributed by atoms with Gasteiger partial charge in [0.15, 0.2) is 5.96 Å². The number of guanidine groups is 1. The second kappa shape index (κ2) is 12.3. The summed E-state index contributed by atoms with van der Waals surface area (Å²) in [6.45, 7) is 3.37. The fourth-order valence-corrected chi connectivity index (χ4v) is 3.19. The smallest absolute Gasteiger partial charge is 0.223 e. The van der Waals surface area contributed by atoms with E-state index in [-0.39, 0.29) is 29.9 Å². The number of fused-ring (bicyclic) bond motifs is 1. The van der Waals surface area contributed by atoms with E-state index in [1.165, 1.54) is 11.1 Å². The summed E-state index contributed by atoms with van der Waals surface area (Å²) in [6.07, 6.45) is 1.31. The van der Waals surface area contributed by atoms with Crippen molar-refractivity contribution in [3.8, 4) is 5.75 Å². The Morgan fingerprint density at radius 1 is 1.00 bits per heavy atom. The van der Waals surface area contributed by atoms with E-state index < -0.39 is 0 Å². The number of benzene rings is 2. The first-order valence-corrected chi connectivity index (χ1v) is 9.73. The van der Waals surface area contributed by atoms with Crippen LogP contribution in [0.5, 0.6) is 5.75 Å². The normalized spacial score (nSPS) is 12.7. The molecule has 1 aliphatic rings. The van der Waals surface area contributed by atoms with Crippen molar-refractivity contribution in [1.29, 1.82) is 0 Å². The number of para-hydroxylation sites is 1. The molecule has 0 unspecified atom stereocenters. The van der Waals surface area contributed by atoms with E-state index in [1.54, 1.807) is 7.05 Å². The standard InChI is InChI=1S/C22H28N4O2.HI/c1-23-22(25-14-15-28-20-10-3-2-4-11-20)24-13-7-12-21(27)26-16-18-8-5-6-9-19(18)17-26;/h2-6,8-11H,7,12-17H2,1H3,(H2,23,24,25);1H. The van der Waals surface area contributed by atoms with Crippen LogP contribution in [0.15, 0.2) is 59.6 Å². The highest BCUT2D eigenvalue weighted by molar-refractivity contribution is 14.0. The molecule has 0 fully saturated rings. The van der Waals surface area contributed by atoms with Crippen LogP contribution in [-0.4, -0.2) is 43.5 Å². The number of hydrogen-bond acceptors (Lipinski definition) is 3. The Hall–Kier alpha value is -2.29. The highest BCUT2D eigenvalue weighted by atomic mass is 127. The van der Waals surface area contributed by atoms with Crippen LogP contribution in [0.2, 0.25) is 0 Å². The molecule has 2 aromatic carbocycles. The van der Waals surface area contributed by atoms with Crippen LogP contribution in [0.25, 0.3) is 0 Å². The number of rotatable bonds is 8. The summed E-state index contributed by atoms with van der Waals surface area (Å²) in [4.78, 5) is 18.5. The van der Waals surface area contributed by atoms with Crippen LogP contribution >= 0.6 is 24.0 Å². The number of halogens is 1. The Morgan fingerprint density at radius 3 is 2.28 bits per heavy atom. The summed E-state index contributed by atoms with van der Waals surface area (Å²) in [5.41, 5.74) is 2.52. The van der Waals surface area contributed by atoms with Crippen LogP contribution in [0, 0.1) is 0 Å². The average molecular weight is 508 g/mol. The molecule has 0 aliphatic carbocycles. The Balaban J connectivity index is 0.00000300. The van der Waals surface area contributed by atoms with Crippen molar-refractivity contribution in [2.75, 3.05) is 26.7 Å². The van der Waals surface area contributed by atoms with Gasteiger partial charge in [-0.25, -0.2) is 0 Å². The number of hydrogen-bond donors (Lipinski definition) is 2. The predicted molar refractivity (Wildman–Crippen MR) is 127 cm³/mol. The minimum absolute atomic E-state index is 0. The van der Waals surface area contributed by atoms with E-state index in [0.29, 0.717) is 26.1 Å². The van der Waals surface area contributed by atoms with Gasteiger partial charge < -0.3 is 20.3 Å². The summed E-state index contributed by atoms with van der Waals surface area (Å²) >= 11 is 0. The topological polar surface area (TPSA) is 66.0 Å². The van der Waals surface area contributed by atoms with Crippen molar-refractivity contribution in [2.24, 2.45) is 4.99 Å². The minimum Gasteiger partial charge on any atom is -0.492 e. The number of nitrogens with zero attached hydrogens (tertiary/aromatic N) is 2. The van der Waals surface area contributed by atoms with Gasteiger partial charge in [-0.3, -0.25) is 9.79 Å².